The van der Waals surface area contributed by atoms with Crippen LogP contribution in [-0.2, 0) is 6.18 Å². The Morgan fingerprint density at radius 1 is 0.929 bits per heavy atom. The van der Waals surface area contributed by atoms with Crippen LogP contribution >= 0.6 is 0 Å². The van der Waals surface area contributed by atoms with E-state index in [0.717, 1.165) is 17.6 Å². The fourth-order valence-electron chi connectivity index (χ4n) is 2.68. The molecule has 4 rings (SSSR count). The van der Waals surface area contributed by atoms with E-state index in [1.807, 2.05) is 24.3 Å². The SMILES string of the molecule is Cc1c(Nc2ccc(C(F)(F)F)cn2)ncnc1-c1ccc2cccnc2n1. The normalized spacial score (nSPS) is 11.6. The van der Waals surface area contributed by atoms with E-state index in [0.29, 0.717) is 28.4 Å². The summed E-state index contributed by atoms with van der Waals surface area (Å²) in [5.74, 6) is 0.675. The van der Waals surface area contributed by atoms with Gasteiger partial charge in [-0.05, 0) is 43.3 Å². The van der Waals surface area contributed by atoms with Gasteiger partial charge in [-0.1, -0.05) is 0 Å². The second-order valence-electron chi connectivity index (χ2n) is 6.00. The lowest BCUT2D eigenvalue weighted by Gasteiger charge is -2.12. The Balaban J connectivity index is 1.66. The summed E-state index contributed by atoms with van der Waals surface area (Å²) in [6.07, 6.45) is -0.635. The second kappa shape index (κ2) is 6.84. The lowest BCUT2D eigenvalue weighted by atomic mass is 10.1. The Hall–Kier alpha value is -3.62. The number of halogens is 3. The topological polar surface area (TPSA) is 76.5 Å². The Morgan fingerprint density at radius 2 is 1.79 bits per heavy atom. The van der Waals surface area contributed by atoms with Crippen molar-refractivity contribution in [2.75, 3.05) is 5.32 Å². The van der Waals surface area contributed by atoms with Crippen LogP contribution in [0.15, 0.2) is 55.1 Å². The highest BCUT2D eigenvalue weighted by Crippen LogP contribution is 2.30. The predicted octanol–water partition coefficient (Wildman–Crippen LogP) is 4.55. The smallest absolute Gasteiger partial charge is 0.325 e. The Morgan fingerprint density at radius 3 is 2.54 bits per heavy atom. The van der Waals surface area contributed by atoms with Gasteiger partial charge in [0.15, 0.2) is 5.65 Å². The molecule has 0 aromatic carbocycles. The third-order valence-electron chi connectivity index (χ3n) is 4.13. The van der Waals surface area contributed by atoms with Crippen molar-refractivity contribution in [1.29, 1.82) is 0 Å². The predicted molar refractivity (Wildman–Crippen MR) is 97.8 cm³/mol. The maximum absolute atomic E-state index is 12.7. The molecule has 0 saturated heterocycles. The third kappa shape index (κ3) is 3.46. The lowest BCUT2D eigenvalue weighted by Crippen LogP contribution is -2.06. The minimum Gasteiger partial charge on any atom is -0.325 e. The molecule has 0 bridgehead atoms. The van der Waals surface area contributed by atoms with Crippen molar-refractivity contribution in [3.05, 3.63) is 66.2 Å². The number of anilines is 2. The molecule has 140 valence electrons. The summed E-state index contributed by atoms with van der Waals surface area (Å²) in [5.41, 5.74) is 1.68. The van der Waals surface area contributed by atoms with E-state index in [2.05, 4.69) is 30.2 Å². The molecule has 0 fully saturated rings. The van der Waals surface area contributed by atoms with E-state index in [4.69, 9.17) is 0 Å². The van der Waals surface area contributed by atoms with Crippen LogP contribution in [0.4, 0.5) is 24.8 Å². The summed E-state index contributed by atoms with van der Waals surface area (Å²) >= 11 is 0. The monoisotopic (exact) mass is 382 g/mol. The molecule has 4 aromatic heterocycles. The van der Waals surface area contributed by atoms with Gasteiger partial charge in [0.1, 0.15) is 18.0 Å². The third-order valence-corrected chi connectivity index (χ3v) is 4.13. The highest BCUT2D eigenvalue weighted by atomic mass is 19.4. The Labute approximate surface area is 157 Å². The summed E-state index contributed by atoms with van der Waals surface area (Å²) < 4.78 is 38.0. The summed E-state index contributed by atoms with van der Waals surface area (Å²) in [4.78, 5) is 21.0. The van der Waals surface area contributed by atoms with Gasteiger partial charge in [0.2, 0.25) is 0 Å². The van der Waals surface area contributed by atoms with Crippen LogP contribution in [-0.4, -0.2) is 24.9 Å². The number of alkyl halides is 3. The summed E-state index contributed by atoms with van der Waals surface area (Å²) in [6, 6.07) is 9.69. The van der Waals surface area contributed by atoms with E-state index in [-0.39, 0.29) is 5.82 Å². The van der Waals surface area contributed by atoms with Crippen molar-refractivity contribution >= 4 is 22.7 Å². The molecule has 4 aromatic rings. The van der Waals surface area contributed by atoms with Gasteiger partial charge in [-0.3, -0.25) is 0 Å². The number of aromatic nitrogens is 5. The van der Waals surface area contributed by atoms with Crippen LogP contribution in [0.2, 0.25) is 0 Å². The minimum atomic E-state index is -4.43. The van der Waals surface area contributed by atoms with Gasteiger partial charge in [-0.25, -0.2) is 24.9 Å². The number of pyridine rings is 3. The maximum atomic E-state index is 12.7. The molecule has 1 N–H and O–H groups in total. The average Bonchev–Trinajstić information content (AvgIpc) is 2.69. The zero-order valence-corrected chi connectivity index (χ0v) is 14.6. The van der Waals surface area contributed by atoms with Gasteiger partial charge in [-0.2, -0.15) is 13.2 Å². The van der Waals surface area contributed by atoms with E-state index in [1.54, 1.807) is 13.1 Å². The van der Waals surface area contributed by atoms with Crippen molar-refractivity contribution < 1.29 is 13.2 Å². The van der Waals surface area contributed by atoms with E-state index in [1.165, 1.54) is 12.4 Å². The van der Waals surface area contributed by atoms with Crippen molar-refractivity contribution in [2.45, 2.75) is 13.1 Å². The van der Waals surface area contributed by atoms with E-state index < -0.39 is 11.7 Å². The lowest BCUT2D eigenvalue weighted by molar-refractivity contribution is -0.137. The zero-order valence-electron chi connectivity index (χ0n) is 14.6. The van der Waals surface area contributed by atoms with Crippen molar-refractivity contribution in [3.63, 3.8) is 0 Å². The molecular formula is C19H13F3N6. The molecular weight excluding hydrogens is 369 g/mol. The fraction of sp³-hybridized carbons (Fsp3) is 0.105. The zero-order chi connectivity index (χ0) is 19.7. The molecule has 0 aliphatic rings. The van der Waals surface area contributed by atoms with Crippen molar-refractivity contribution in [2.24, 2.45) is 0 Å². The number of nitrogens with one attached hydrogen (secondary N) is 1. The van der Waals surface area contributed by atoms with Gasteiger partial charge >= 0.3 is 6.18 Å². The molecule has 0 radical (unpaired) electrons. The molecule has 0 spiro atoms. The molecule has 0 atom stereocenters. The second-order valence-corrected chi connectivity index (χ2v) is 6.00. The Kier molecular flexibility index (Phi) is 4.34. The molecule has 28 heavy (non-hydrogen) atoms. The number of fused-ring (bicyclic) bond motifs is 1. The maximum Gasteiger partial charge on any atom is 0.417 e. The van der Waals surface area contributed by atoms with Crippen LogP contribution in [0.25, 0.3) is 22.4 Å². The number of rotatable bonds is 3. The fourth-order valence-corrected chi connectivity index (χ4v) is 2.68. The van der Waals surface area contributed by atoms with Crippen LogP contribution in [0.3, 0.4) is 0 Å². The molecule has 0 saturated carbocycles. The van der Waals surface area contributed by atoms with Crippen molar-refractivity contribution in [3.8, 4) is 11.4 Å². The first-order valence-electron chi connectivity index (χ1n) is 8.26. The van der Waals surface area contributed by atoms with E-state index >= 15 is 0 Å². The van der Waals surface area contributed by atoms with Gasteiger partial charge in [0, 0.05) is 23.3 Å². The average molecular weight is 382 g/mol. The van der Waals surface area contributed by atoms with Crippen LogP contribution in [0.5, 0.6) is 0 Å². The molecule has 0 aliphatic heterocycles. The molecule has 4 heterocycles. The first kappa shape index (κ1) is 17.8. The number of hydrogen-bond donors (Lipinski definition) is 1. The molecule has 0 unspecified atom stereocenters. The first-order chi connectivity index (χ1) is 13.4. The first-order valence-corrected chi connectivity index (χ1v) is 8.26. The highest BCUT2D eigenvalue weighted by Gasteiger charge is 2.30. The van der Waals surface area contributed by atoms with Gasteiger partial charge < -0.3 is 5.32 Å². The van der Waals surface area contributed by atoms with Gasteiger partial charge in [0.05, 0.1) is 17.0 Å². The molecule has 9 heteroatoms. The number of nitrogens with zero attached hydrogens (tertiary/aromatic N) is 5. The summed E-state index contributed by atoms with van der Waals surface area (Å²) in [5, 5.41) is 3.83. The summed E-state index contributed by atoms with van der Waals surface area (Å²) in [6.45, 7) is 1.80. The van der Waals surface area contributed by atoms with Crippen LogP contribution in [0.1, 0.15) is 11.1 Å². The van der Waals surface area contributed by atoms with E-state index in [9.17, 15) is 13.2 Å². The van der Waals surface area contributed by atoms with Gasteiger partial charge in [0.25, 0.3) is 0 Å². The summed E-state index contributed by atoms with van der Waals surface area (Å²) in [7, 11) is 0. The highest BCUT2D eigenvalue weighted by molar-refractivity contribution is 5.78. The standard InChI is InChI=1S/C19H13F3N6/c1-11-16(14-6-4-12-3-2-8-23-18(12)27-14)25-10-26-17(11)28-15-7-5-13(9-24-15)19(20,21)22/h2-10H,1H3,(H,24,25,26,28). The molecule has 0 amide bonds. The Bertz CT molecular complexity index is 1140. The molecule has 0 aliphatic carbocycles. The van der Waals surface area contributed by atoms with Crippen LogP contribution in [0, 0.1) is 6.92 Å². The molecule has 6 nitrogen and oxygen atoms in total. The quantitative estimate of drug-likeness (QED) is 0.560. The van der Waals surface area contributed by atoms with Crippen molar-refractivity contribution in [1.82, 2.24) is 24.9 Å². The largest absolute Gasteiger partial charge is 0.417 e. The number of hydrogen-bond acceptors (Lipinski definition) is 6. The van der Waals surface area contributed by atoms with Gasteiger partial charge in [-0.15, -0.1) is 0 Å². The van der Waals surface area contributed by atoms with Crippen LogP contribution < -0.4 is 5.32 Å². The minimum absolute atomic E-state index is 0.244.